The van der Waals surface area contributed by atoms with E-state index in [4.69, 9.17) is 11.6 Å². The molecule has 2 bridgehead atoms. The van der Waals surface area contributed by atoms with E-state index in [0.29, 0.717) is 0 Å². The van der Waals surface area contributed by atoms with E-state index < -0.39 is 0 Å². The van der Waals surface area contributed by atoms with Crippen LogP contribution in [0.4, 0.5) is 0 Å². The maximum absolute atomic E-state index is 6.37. The maximum atomic E-state index is 6.37. The van der Waals surface area contributed by atoms with Crippen LogP contribution in [0.1, 0.15) is 31.2 Å². The van der Waals surface area contributed by atoms with E-state index in [1.54, 1.807) is 22.5 Å². The summed E-state index contributed by atoms with van der Waals surface area (Å²) in [7, 11) is 4.36. The number of thiophene rings is 1. The van der Waals surface area contributed by atoms with Crippen molar-refractivity contribution in [3.63, 3.8) is 0 Å². The number of hydrogen-bond acceptors (Lipinski definition) is 2. The summed E-state index contributed by atoms with van der Waals surface area (Å²) in [5, 5.41) is 4.18. The lowest BCUT2D eigenvalue weighted by Crippen LogP contribution is -2.21. The van der Waals surface area contributed by atoms with Crippen LogP contribution >= 0.6 is 22.9 Å². The highest BCUT2D eigenvalue weighted by Gasteiger charge is 2.35. The molecule has 3 heteroatoms. The molecule has 1 saturated carbocycles. The highest BCUT2D eigenvalue weighted by atomic mass is 35.5. The molecule has 2 unspecified atom stereocenters. The second-order valence-electron chi connectivity index (χ2n) is 7.13. The zero-order valence-corrected chi connectivity index (χ0v) is 14.8. The number of likely N-dealkylation sites (N-methyl/N-ethyl adjacent to an activating group) is 1. The van der Waals surface area contributed by atoms with Crippen LogP contribution in [-0.4, -0.2) is 25.5 Å². The summed E-state index contributed by atoms with van der Waals surface area (Å²) in [6.45, 7) is 1.09. The van der Waals surface area contributed by atoms with Gasteiger partial charge in [0.1, 0.15) is 0 Å². The molecule has 2 atom stereocenters. The smallest absolute Gasteiger partial charge is 0.0591 e. The Morgan fingerprint density at radius 2 is 2.14 bits per heavy atom. The van der Waals surface area contributed by atoms with Crippen molar-refractivity contribution in [1.29, 1.82) is 0 Å². The number of fused-ring (bicyclic) bond motifs is 3. The lowest BCUT2D eigenvalue weighted by molar-refractivity contribution is 0.413. The Bertz CT molecular complexity index is 743. The molecule has 1 heterocycles. The molecule has 0 aliphatic heterocycles. The fraction of sp³-hybridized carbons (Fsp3) is 0.474. The molecule has 2 aromatic rings. The molecular weight excluding hydrogens is 310 g/mol. The highest BCUT2D eigenvalue weighted by Crippen LogP contribution is 2.49. The molecular formula is C19H22ClNS. The second-order valence-corrected chi connectivity index (χ2v) is 8.45. The largest absolute Gasteiger partial charge is 0.305 e. The summed E-state index contributed by atoms with van der Waals surface area (Å²) in [4.78, 5) is 2.32. The number of benzene rings is 1. The third-order valence-electron chi connectivity index (χ3n) is 5.21. The van der Waals surface area contributed by atoms with Crippen LogP contribution in [0, 0.1) is 11.8 Å². The van der Waals surface area contributed by atoms with Crippen LogP contribution in [-0.2, 0) is 0 Å². The topological polar surface area (TPSA) is 3.24 Å². The van der Waals surface area contributed by atoms with Crippen LogP contribution in [0.3, 0.4) is 0 Å². The molecule has 0 N–H and O–H groups in total. The van der Waals surface area contributed by atoms with Gasteiger partial charge in [0.25, 0.3) is 0 Å². The Morgan fingerprint density at radius 3 is 2.95 bits per heavy atom. The zero-order valence-electron chi connectivity index (χ0n) is 13.2. The number of allylic oxidation sites excluding steroid dienone is 1. The minimum absolute atomic E-state index is 0.767. The van der Waals surface area contributed by atoms with Gasteiger partial charge in [0.15, 0.2) is 0 Å². The summed E-state index contributed by atoms with van der Waals surface area (Å²) in [5.74, 6) is 1.70. The third kappa shape index (κ3) is 2.51. The molecule has 1 fully saturated rings. The number of halogens is 1. The second kappa shape index (κ2) is 5.67. The minimum Gasteiger partial charge on any atom is -0.305 e. The molecule has 1 aromatic heterocycles. The van der Waals surface area contributed by atoms with Gasteiger partial charge in [-0.2, -0.15) is 0 Å². The lowest BCUT2D eigenvalue weighted by atomic mass is 9.79. The zero-order chi connectivity index (χ0) is 15.3. The van der Waals surface area contributed by atoms with Crippen LogP contribution < -0.4 is 0 Å². The maximum Gasteiger partial charge on any atom is 0.0591 e. The van der Waals surface area contributed by atoms with E-state index in [-0.39, 0.29) is 0 Å². The van der Waals surface area contributed by atoms with Crippen LogP contribution in [0.2, 0.25) is 5.02 Å². The van der Waals surface area contributed by atoms with Gasteiger partial charge in [0.2, 0.25) is 0 Å². The molecule has 4 rings (SSSR count). The Hall–Kier alpha value is -0.830. The Labute approximate surface area is 141 Å². The predicted molar refractivity (Wildman–Crippen MR) is 97.8 cm³/mol. The average molecular weight is 332 g/mol. The highest BCUT2D eigenvalue weighted by molar-refractivity contribution is 7.17. The van der Waals surface area contributed by atoms with Crippen molar-refractivity contribution in [2.75, 3.05) is 20.6 Å². The SMILES string of the molecule is CN(C)CC1=C(c2ccc3scc(Cl)c3c2)C2CCC(C1)C2. The fourth-order valence-corrected chi connectivity index (χ4v) is 5.55. The van der Waals surface area contributed by atoms with Gasteiger partial charge in [0, 0.05) is 22.0 Å². The van der Waals surface area contributed by atoms with Crippen molar-refractivity contribution in [3.8, 4) is 0 Å². The molecule has 0 saturated heterocycles. The van der Waals surface area contributed by atoms with Gasteiger partial charge in [0.05, 0.1) is 5.02 Å². The van der Waals surface area contributed by atoms with Gasteiger partial charge in [-0.25, -0.2) is 0 Å². The molecule has 1 nitrogen and oxygen atoms in total. The van der Waals surface area contributed by atoms with Gasteiger partial charge >= 0.3 is 0 Å². The first-order chi connectivity index (χ1) is 10.6. The van der Waals surface area contributed by atoms with Crippen molar-refractivity contribution in [2.24, 2.45) is 11.8 Å². The van der Waals surface area contributed by atoms with Gasteiger partial charge in [-0.05, 0) is 74.9 Å². The quantitative estimate of drug-likeness (QED) is 0.698. The lowest BCUT2D eigenvalue weighted by Gasteiger charge is -2.29. The standard InChI is InChI=1S/C19H22ClNS/c1-21(2)10-15-8-12-3-4-13(7-12)19(15)14-5-6-18-16(9-14)17(20)11-22-18/h5-6,9,11-13H,3-4,7-8,10H2,1-2H3. The van der Waals surface area contributed by atoms with Gasteiger partial charge in [-0.3, -0.25) is 0 Å². The number of nitrogens with zero attached hydrogens (tertiary/aromatic N) is 1. The molecule has 1 aromatic carbocycles. The molecule has 22 heavy (non-hydrogen) atoms. The summed E-state index contributed by atoms with van der Waals surface area (Å²) in [6, 6.07) is 6.90. The van der Waals surface area contributed by atoms with Crippen molar-refractivity contribution < 1.29 is 0 Å². The van der Waals surface area contributed by atoms with Crippen LogP contribution in [0.5, 0.6) is 0 Å². The van der Waals surface area contributed by atoms with E-state index in [9.17, 15) is 0 Å². The Balaban J connectivity index is 1.84. The molecule has 2 aliphatic rings. The average Bonchev–Trinajstić information content (AvgIpc) is 3.03. The molecule has 2 aliphatic carbocycles. The van der Waals surface area contributed by atoms with E-state index in [1.165, 1.54) is 41.3 Å². The normalized spacial score (nSPS) is 24.7. The first kappa shape index (κ1) is 14.7. The van der Waals surface area contributed by atoms with Crippen molar-refractivity contribution in [2.45, 2.75) is 25.7 Å². The predicted octanol–water partition coefficient (Wildman–Crippen LogP) is 5.69. The van der Waals surface area contributed by atoms with Gasteiger partial charge in [-0.15, -0.1) is 11.3 Å². The molecule has 0 spiro atoms. The van der Waals surface area contributed by atoms with Gasteiger partial charge < -0.3 is 4.90 Å². The Morgan fingerprint density at radius 1 is 1.27 bits per heavy atom. The van der Waals surface area contributed by atoms with Crippen LogP contribution in [0.25, 0.3) is 15.7 Å². The van der Waals surface area contributed by atoms with Crippen molar-refractivity contribution in [1.82, 2.24) is 4.90 Å². The number of hydrogen-bond donors (Lipinski definition) is 0. The fourth-order valence-electron chi connectivity index (χ4n) is 4.41. The number of rotatable bonds is 3. The van der Waals surface area contributed by atoms with E-state index >= 15 is 0 Å². The summed E-state index contributed by atoms with van der Waals surface area (Å²) >= 11 is 8.11. The van der Waals surface area contributed by atoms with Gasteiger partial charge in [-0.1, -0.05) is 23.2 Å². The molecule has 0 radical (unpaired) electrons. The van der Waals surface area contributed by atoms with Crippen molar-refractivity contribution in [3.05, 3.63) is 39.7 Å². The first-order valence-electron chi connectivity index (χ1n) is 8.15. The summed E-state index contributed by atoms with van der Waals surface area (Å²) < 4.78 is 1.30. The van der Waals surface area contributed by atoms with E-state index in [2.05, 4.69) is 42.6 Å². The monoisotopic (exact) mass is 331 g/mol. The van der Waals surface area contributed by atoms with Crippen LogP contribution in [0.15, 0.2) is 29.2 Å². The molecule has 0 amide bonds. The van der Waals surface area contributed by atoms with Crippen molar-refractivity contribution >= 4 is 38.6 Å². The Kier molecular flexibility index (Phi) is 3.80. The molecule has 116 valence electrons. The minimum atomic E-state index is 0.767. The van der Waals surface area contributed by atoms with E-state index in [1.807, 2.05) is 0 Å². The third-order valence-corrected chi connectivity index (χ3v) is 6.62. The summed E-state index contributed by atoms with van der Waals surface area (Å²) in [5.41, 5.74) is 4.70. The first-order valence-corrected chi connectivity index (χ1v) is 9.41. The van der Waals surface area contributed by atoms with E-state index in [0.717, 1.165) is 23.4 Å². The summed E-state index contributed by atoms with van der Waals surface area (Å²) in [6.07, 6.45) is 5.46.